The lowest BCUT2D eigenvalue weighted by Gasteiger charge is -2.12. The highest BCUT2D eigenvalue weighted by Gasteiger charge is 2.32. The summed E-state index contributed by atoms with van der Waals surface area (Å²) in [7, 11) is 0. The Morgan fingerprint density at radius 2 is 1.84 bits per heavy atom. The third kappa shape index (κ3) is 4.29. The van der Waals surface area contributed by atoms with Crippen molar-refractivity contribution in [2.24, 2.45) is 0 Å². The van der Waals surface area contributed by atoms with Crippen LogP contribution in [0.4, 0.5) is 0 Å². The van der Waals surface area contributed by atoms with Gasteiger partial charge < -0.3 is 9.67 Å². The molecule has 2 heterocycles. The van der Waals surface area contributed by atoms with Crippen molar-refractivity contribution in [3.63, 3.8) is 0 Å². The summed E-state index contributed by atoms with van der Waals surface area (Å²) in [5.74, 6) is -1.18. The number of thioether (sulfide) groups is 1. The highest BCUT2D eigenvalue weighted by Crippen LogP contribution is 2.36. The van der Waals surface area contributed by atoms with Crippen LogP contribution in [0.5, 0.6) is 0 Å². The molecule has 4 rings (SSSR count). The van der Waals surface area contributed by atoms with Crippen molar-refractivity contribution in [1.29, 1.82) is 0 Å². The molecule has 1 N–H and O–H groups in total. The summed E-state index contributed by atoms with van der Waals surface area (Å²) in [5.41, 5.74) is 5.59. The molecule has 5 nitrogen and oxygen atoms in total. The lowest BCUT2D eigenvalue weighted by molar-refractivity contribution is -0.137. The van der Waals surface area contributed by atoms with Gasteiger partial charge in [0.1, 0.15) is 4.32 Å². The quantitative estimate of drug-likeness (QED) is 0.424. The minimum absolute atomic E-state index is 0.0888. The van der Waals surface area contributed by atoms with Crippen LogP contribution in [0, 0.1) is 13.8 Å². The summed E-state index contributed by atoms with van der Waals surface area (Å²) in [6.45, 7) is 4.96. The molecule has 2 aromatic carbocycles. The molecule has 1 aliphatic heterocycles. The number of benzene rings is 2. The van der Waals surface area contributed by atoms with Crippen molar-refractivity contribution < 1.29 is 14.7 Å². The summed E-state index contributed by atoms with van der Waals surface area (Å²) in [6, 6.07) is 16.7. The maximum absolute atomic E-state index is 12.9. The first kappa shape index (κ1) is 21.3. The van der Waals surface area contributed by atoms with Gasteiger partial charge in [-0.1, -0.05) is 72.0 Å². The van der Waals surface area contributed by atoms with Crippen molar-refractivity contribution in [2.75, 3.05) is 6.54 Å². The molecule has 158 valence electrons. The van der Waals surface area contributed by atoms with Crippen LogP contribution in [0.15, 0.2) is 53.4 Å². The number of fused-ring (bicyclic) bond motifs is 1. The van der Waals surface area contributed by atoms with E-state index in [4.69, 9.17) is 17.3 Å². The lowest BCUT2D eigenvalue weighted by Crippen LogP contribution is -2.30. The van der Waals surface area contributed by atoms with E-state index in [-0.39, 0.29) is 18.9 Å². The van der Waals surface area contributed by atoms with Crippen molar-refractivity contribution in [3.05, 3.63) is 75.8 Å². The molecule has 3 aromatic rings. The number of nitrogens with zero attached hydrogens (tertiary/aromatic N) is 2. The molecule has 0 spiro atoms. The van der Waals surface area contributed by atoms with Gasteiger partial charge in [0.25, 0.3) is 5.91 Å². The van der Waals surface area contributed by atoms with Gasteiger partial charge in [-0.25, -0.2) is 0 Å². The minimum atomic E-state index is -0.951. The molecule has 0 bridgehead atoms. The van der Waals surface area contributed by atoms with Gasteiger partial charge in [0.2, 0.25) is 0 Å². The average molecular weight is 451 g/mol. The van der Waals surface area contributed by atoms with Crippen molar-refractivity contribution in [3.8, 4) is 0 Å². The first-order chi connectivity index (χ1) is 14.8. The Bertz CT molecular complexity index is 1230. The molecule has 1 fully saturated rings. The number of aromatic nitrogens is 1. The standard InChI is InChI=1S/C24H22N2O3S2/c1-15-7-9-17(10-8-15)14-26-16(2)19(18-5-3-4-6-20(18)26)13-21-23(29)25(24(30)31-21)12-11-22(27)28/h3-10,13H,11-12,14H2,1-2H3,(H,27,28)/b21-13+. The number of para-hydroxylation sites is 1. The second-order valence-corrected chi connectivity index (χ2v) is 9.24. The molecular formula is C24H22N2O3S2. The topological polar surface area (TPSA) is 62.5 Å². The van der Waals surface area contributed by atoms with E-state index >= 15 is 0 Å². The highest BCUT2D eigenvalue weighted by atomic mass is 32.2. The van der Waals surface area contributed by atoms with Gasteiger partial charge in [-0.05, 0) is 31.6 Å². The molecule has 31 heavy (non-hydrogen) atoms. The Morgan fingerprint density at radius 1 is 1.13 bits per heavy atom. The highest BCUT2D eigenvalue weighted by molar-refractivity contribution is 8.26. The molecular weight excluding hydrogens is 428 g/mol. The number of carboxylic acid groups (broad SMARTS) is 1. The van der Waals surface area contributed by atoms with Crippen LogP contribution in [0.1, 0.15) is 28.8 Å². The summed E-state index contributed by atoms with van der Waals surface area (Å²) < 4.78 is 2.66. The van der Waals surface area contributed by atoms with E-state index in [0.29, 0.717) is 9.23 Å². The molecule has 0 saturated carbocycles. The van der Waals surface area contributed by atoms with Crippen molar-refractivity contribution >= 4 is 57.2 Å². The predicted octanol–water partition coefficient (Wildman–Crippen LogP) is 4.98. The van der Waals surface area contributed by atoms with Crippen LogP contribution in [0.3, 0.4) is 0 Å². The third-order valence-electron chi connectivity index (χ3n) is 5.44. The second kappa shape index (κ2) is 8.69. The van der Waals surface area contributed by atoms with E-state index in [0.717, 1.165) is 28.7 Å². The first-order valence-corrected chi connectivity index (χ1v) is 11.2. The summed E-state index contributed by atoms with van der Waals surface area (Å²) in [6.07, 6.45) is 1.76. The van der Waals surface area contributed by atoms with Crippen LogP contribution in [0.2, 0.25) is 0 Å². The lowest BCUT2D eigenvalue weighted by atomic mass is 10.1. The van der Waals surface area contributed by atoms with Crippen LogP contribution < -0.4 is 0 Å². The summed E-state index contributed by atoms with van der Waals surface area (Å²) >= 11 is 6.55. The fourth-order valence-electron chi connectivity index (χ4n) is 3.75. The Labute approximate surface area is 190 Å². The average Bonchev–Trinajstić information content (AvgIpc) is 3.16. The molecule has 0 atom stereocenters. The maximum atomic E-state index is 12.9. The fourth-order valence-corrected chi connectivity index (χ4v) is 5.04. The first-order valence-electron chi connectivity index (χ1n) is 9.95. The predicted molar refractivity (Wildman–Crippen MR) is 129 cm³/mol. The zero-order valence-corrected chi connectivity index (χ0v) is 18.9. The second-order valence-electron chi connectivity index (χ2n) is 7.57. The number of thiocarbonyl (C=S) groups is 1. The number of amides is 1. The number of hydrogen-bond donors (Lipinski definition) is 1. The van der Waals surface area contributed by atoms with E-state index in [1.165, 1.54) is 27.8 Å². The molecule has 7 heteroatoms. The number of carboxylic acids is 1. The summed E-state index contributed by atoms with van der Waals surface area (Å²) in [5, 5.41) is 10.0. The SMILES string of the molecule is Cc1ccc(Cn2c(C)c(/C=C3/SC(=S)N(CCC(=O)O)C3=O)c3ccccc32)cc1. The van der Waals surface area contributed by atoms with Crippen LogP contribution in [-0.4, -0.2) is 37.3 Å². The van der Waals surface area contributed by atoms with E-state index in [1.54, 1.807) is 0 Å². The number of aryl methyl sites for hydroxylation is 1. The molecule has 1 aromatic heterocycles. The zero-order chi connectivity index (χ0) is 22.1. The van der Waals surface area contributed by atoms with Crippen molar-refractivity contribution in [2.45, 2.75) is 26.8 Å². The monoisotopic (exact) mass is 450 g/mol. The molecule has 1 amide bonds. The van der Waals surface area contributed by atoms with E-state index in [2.05, 4.69) is 54.8 Å². The Kier molecular flexibility index (Phi) is 5.98. The van der Waals surface area contributed by atoms with Gasteiger partial charge in [-0.3, -0.25) is 14.5 Å². The smallest absolute Gasteiger partial charge is 0.305 e. The molecule has 1 aliphatic rings. The largest absolute Gasteiger partial charge is 0.481 e. The van der Waals surface area contributed by atoms with E-state index in [1.807, 2.05) is 18.2 Å². The van der Waals surface area contributed by atoms with Gasteiger partial charge >= 0.3 is 5.97 Å². The van der Waals surface area contributed by atoms with Gasteiger partial charge in [0.05, 0.1) is 11.3 Å². The van der Waals surface area contributed by atoms with Gasteiger partial charge in [0, 0.05) is 35.2 Å². The summed E-state index contributed by atoms with van der Waals surface area (Å²) in [4.78, 5) is 25.7. The molecule has 1 saturated heterocycles. The Hall–Kier alpha value is -2.90. The van der Waals surface area contributed by atoms with Gasteiger partial charge in [0.15, 0.2) is 0 Å². The Balaban J connectivity index is 1.72. The number of carbonyl (C=O) groups excluding carboxylic acids is 1. The van der Waals surface area contributed by atoms with E-state index < -0.39 is 5.97 Å². The fraction of sp³-hybridized carbons (Fsp3) is 0.208. The molecule has 0 aliphatic carbocycles. The number of hydrogen-bond acceptors (Lipinski definition) is 4. The van der Waals surface area contributed by atoms with Crippen LogP contribution >= 0.6 is 24.0 Å². The minimum Gasteiger partial charge on any atom is -0.481 e. The number of aliphatic carboxylic acids is 1. The Morgan fingerprint density at radius 3 is 2.55 bits per heavy atom. The number of carbonyl (C=O) groups is 2. The van der Waals surface area contributed by atoms with Crippen LogP contribution in [-0.2, 0) is 16.1 Å². The third-order valence-corrected chi connectivity index (χ3v) is 6.82. The van der Waals surface area contributed by atoms with Crippen molar-refractivity contribution in [1.82, 2.24) is 9.47 Å². The maximum Gasteiger partial charge on any atom is 0.305 e. The molecule has 0 radical (unpaired) electrons. The van der Waals surface area contributed by atoms with Crippen LogP contribution in [0.25, 0.3) is 17.0 Å². The zero-order valence-electron chi connectivity index (χ0n) is 17.3. The van der Waals surface area contributed by atoms with Gasteiger partial charge in [-0.2, -0.15) is 0 Å². The number of rotatable bonds is 6. The molecule has 0 unspecified atom stereocenters. The van der Waals surface area contributed by atoms with Gasteiger partial charge in [-0.15, -0.1) is 0 Å². The van der Waals surface area contributed by atoms with E-state index in [9.17, 15) is 9.59 Å². The normalized spacial score (nSPS) is 15.4.